The second kappa shape index (κ2) is 6.41. The second-order valence-electron chi connectivity index (χ2n) is 5.48. The number of benzene rings is 1. The van der Waals surface area contributed by atoms with Gasteiger partial charge in [-0.25, -0.2) is 0 Å². The van der Waals surface area contributed by atoms with E-state index in [1.54, 1.807) is 23.5 Å². The normalized spacial score (nSPS) is 13.7. The van der Waals surface area contributed by atoms with Crippen molar-refractivity contribution in [2.24, 2.45) is 0 Å². The standard InChI is InChI=1S/C18H16N2O3S/c21-18(19-13-5-6-15-16(10-13)23-12-22-15)11-14(17-4-3-9-24-17)20-7-1-2-8-20/h1-10,14H,11-12H2,(H,19,21)/t14-/m1/s1. The number of thiophene rings is 1. The Morgan fingerprint density at radius 1 is 1.17 bits per heavy atom. The molecule has 0 saturated heterocycles. The molecule has 0 bridgehead atoms. The fourth-order valence-electron chi connectivity index (χ4n) is 2.75. The van der Waals surface area contributed by atoms with Gasteiger partial charge < -0.3 is 19.4 Å². The predicted octanol–water partition coefficient (Wildman–Crippen LogP) is 3.90. The zero-order valence-electron chi connectivity index (χ0n) is 12.8. The molecule has 2 aromatic heterocycles. The van der Waals surface area contributed by atoms with Crippen LogP contribution in [0.3, 0.4) is 0 Å². The minimum atomic E-state index is -0.0408. The van der Waals surface area contributed by atoms with E-state index in [9.17, 15) is 4.79 Å². The first kappa shape index (κ1) is 14.8. The quantitative estimate of drug-likeness (QED) is 0.766. The molecule has 1 aliphatic heterocycles. The van der Waals surface area contributed by atoms with Gasteiger partial charge in [-0.2, -0.15) is 0 Å². The Kier molecular flexibility index (Phi) is 3.96. The summed E-state index contributed by atoms with van der Waals surface area (Å²) in [6.07, 6.45) is 4.33. The number of rotatable bonds is 5. The third kappa shape index (κ3) is 3.00. The summed E-state index contributed by atoms with van der Waals surface area (Å²) in [4.78, 5) is 13.7. The number of hydrogen-bond donors (Lipinski definition) is 1. The van der Waals surface area contributed by atoms with Crippen molar-refractivity contribution in [3.8, 4) is 11.5 Å². The van der Waals surface area contributed by atoms with E-state index in [4.69, 9.17) is 9.47 Å². The summed E-state index contributed by atoms with van der Waals surface area (Å²) in [6.45, 7) is 0.223. The molecule has 1 aliphatic rings. The fraction of sp³-hybridized carbons (Fsp3) is 0.167. The van der Waals surface area contributed by atoms with E-state index in [1.165, 1.54) is 0 Å². The fourth-order valence-corrected chi connectivity index (χ4v) is 3.58. The molecule has 0 fully saturated rings. The Bertz CT molecular complexity index is 794. The Morgan fingerprint density at radius 3 is 2.79 bits per heavy atom. The van der Waals surface area contributed by atoms with Gasteiger partial charge in [0.2, 0.25) is 12.7 Å². The predicted molar refractivity (Wildman–Crippen MR) is 92.7 cm³/mol. The second-order valence-corrected chi connectivity index (χ2v) is 6.46. The number of hydrogen-bond acceptors (Lipinski definition) is 4. The molecule has 0 radical (unpaired) electrons. The van der Waals surface area contributed by atoms with Crippen LogP contribution in [0.4, 0.5) is 5.69 Å². The van der Waals surface area contributed by atoms with Crippen molar-refractivity contribution < 1.29 is 14.3 Å². The summed E-state index contributed by atoms with van der Waals surface area (Å²) in [5, 5.41) is 4.97. The first-order chi connectivity index (χ1) is 11.8. The van der Waals surface area contributed by atoms with Gasteiger partial charge in [0, 0.05) is 29.0 Å². The third-order valence-corrected chi connectivity index (χ3v) is 4.87. The van der Waals surface area contributed by atoms with E-state index >= 15 is 0 Å². The minimum absolute atomic E-state index is 0.00555. The largest absolute Gasteiger partial charge is 0.454 e. The molecular formula is C18H16N2O3S. The van der Waals surface area contributed by atoms with Crippen molar-refractivity contribution in [3.63, 3.8) is 0 Å². The number of anilines is 1. The summed E-state index contributed by atoms with van der Waals surface area (Å²) in [7, 11) is 0. The number of ether oxygens (including phenoxy) is 2. The lowest BCUT2D eigenvalue weighted by Crippen LogP contribution is -2.19. The van der Waals surface area contributed by atoms with Gasteiger partial charge >= 0.3 is 0 Å². The van der Waals surface area contributed by atoms with Crippen molar-refractivity contribution in [1.82, 2.24) is 4.57 Å². The van der Waals surface area contributed by atoms with Gasteiger partial charge in [-0.3, -0.25) is 4.79 Å². The van der Waals surface area contributed by atoms with Crippen LogP contribution in [0.25, 0.3) is 0 Å². The average Bonchev–Trinajstić information content (AvgIpc) is 3.33. The molecule has 1 amide bonds. The van der Waals surface area contributed by atoms with E-state index < -0.39 is 0 Å². The molecule has 0 spiro atoms. The minimum Gasteiger partial charge on any atom is -0.454 e. The van der Waals surface area contributed by atoms with Crippen LogP contribution in [0.1, 0.15) is 17.3 Å². The molecule has 6 heteroatoms. The lowest BCUT2D eigenvalue weighted by Gasteiger charge is -2.17. The smallest absolute Gasteiger partial charge is 0.231 e. The highest BCUT2D eigenvalue weighted by Crippen LogP contribution is 2.34. The van der Waals surface area contributed by atoms with Gasteiger partial charge in [-0.05, 0) is 35.7 Å². The van der Waals surface area contributed by atoms with Crippen LogP contribution in [0.2, 0.25) is 0 Å². The highest BCUT2D eigenvalue weighted by molar-refractivity contribution is 7.10. The first-order valence-corrected chi connectivity index (χ1v) is 8.53. The van der Waals surface area contributed by atoms with Crippen LogP contribution in [-0.4, -0.2) is 17.3 Å². The molecule has 0 unspecified atom stereocenters. The average molecular weight is 340 g/mol. The maximum absolute atomic E-state index is 12.5. The molecule has 5 nitrogen and oxygen atoms in total. The number of carbonyl (C=O) groups is 1. The maximum atomic E-state index is 12.5. The van der Waals surface area contributed by atoms with Gasteiger partial charge in [0.1, 0.15) is 0 Å². The first-order valence-electron chi connectivity index (χ1n) is 7.65. The lowest BCUT2D eigenvalue weighted by atomic mass is 10.1. The molecule has 1 aromatic carbocycles. The summed E-state index contributed by atoms with van der Waals surface area (Å²) in [5.74, 6) is 1.32. The molecule has 0 aliphatic carbocycles. The van der Waals surface area contributed by atoms with Crippen molar-refractivity contribution in [3.05, 3.63) is 65.1 Å². The molecule has 1 atom stereocenters. The number of nitrogens with zero attached hydrogens (tertiary/aromatic N) is 1. The number of fused-ring (bicyclic) bond motifs is 1. The Balaban J connectivity index is 1.49. The SMILES string of the molecule is O=C(C[C@H](c1cccs1)n1cccc1)Nc1ccc2c(c1)OCO2. The van der Waals surface area contributed by atoms with Crippen LogP contribution in [0, 0.1) is 0 Å². The van der Waals surface area contributed by atoms with Gasteiger partial charge in [0.15, 0.2) is 11.5 Å². The maximum Gasteiger partial charge on any atom is 0.231 e. The van der Waals surface area contributed by atoms with Gasteiger partial charge in [-0.15, -0.1) is 11.3 Å². The van der Waals surface area contributed by atoms with Crippen molar-refractivity contribution in [2.75, 3.05) is 12.1 Å². The molecule has 122 valence electrons. The number of carbonyl (C=O) groups excluding carboxylic acids is 1. The van der Waals surface area contributed by atoms with Crippen LogP contribution >= 0.6 is 11.3 Å². The topological polar surface area (TPSA) is 52.5 Å². The lowest BCUT2D eigenvalue weighted by molar-refractivity contribution is -0.116. The molecule has 0 saturated carbocycles. The van der Waals surface area contributed by atoms with E-state index in [1.807, 2.05) is 42.0 Å². The van der Waals surface area contributed by atoms with Crippen LogP contribution in [0.5, 0.6) is 11.5 Å². The van der Waals surface area contributed by atoms with E-state index in [-0.39, 0.29) is 18.7 Å². The highest BCUT2D eigenvalue weighted by atomic mass is 32.1. The Labute approximate surface area is 143 Å². The number of aromatic nitrogens is 1. The molecule has 3 heterocycles. The van der Waals surface area contributed by atoms with E-state index in [2.05, 4.69) is 16.0 Å². The Hall–Kier alpha value is -2.73. The van der Waals surface area contributed by atoms with Crippen LogP contribution in [-0.2, 0) is 4.79 Å². The van der Waals surface area contributed by atoms with E-state index in [0.29, 0.717) is 23.6 Å². The molecule has 3 aromatic rings. The highest BCUT2D eigenvalue weighted by Gasteiger charge is 2.19. The number of nitrogens with one attached hydrogen (secondary N) is 1. The summed E-state index contributed by atoms with van der Waals surface area (Å²) in [6, 6.07) is 13.4. The van der Waals surface area contributed by atoms with E-state index in [0.717, 1.165) is 4.88 Å². The molecule has 1 N–H and O–H groups in total. The third-order valence-electron chi connectivity index (χ3n) is 3.89. The summed E-state index contributed by atoms with van der Waals surface area (Å²) in [5.41, 5.74) is 0.710. The summed E-state index contributed by atoms with van der Waals surface area (Å²) >= 11 is 1.66. The molecule has 4 rings (SSSR count). The molecular weight excluding hydrogens is 324 g/mol. The zero-order valence-corrected chi connectivity index (χ0v) is 13.7. The van der Waals surface area contributed by atoms with Crippen molar-refractivity contribution >= 4 is 22.9 Å². The van der Waals surface area contributed by atoms with Crippen molar-refractivity contribution in [2.45, 2.75) is 12.5 Å². The van der Waals surface area contributed by atoms with Gasteiger partial charge in [-0.1, -0.05) is 6.07 Å². The van der Waals surface area contributed by atoms with Gasteiger partial charge in [0.05, 0.1) is 12.5 Å². The number of amides is 1. The molecule has 24 heavy (non-hydrogen) atoms. The van der Waals surface area contributed by atoms with Crippen LogP contribution in [0.15, 0.2) is 60.2 Å². The van der Waals surface area contributed by atoms with Gasteiger partial charge in [0.25, 0.3) is 0 Å². The zero-order chi connectivity index (χ0) is 16.4. The van der Waals surface area contributed by atoms with Crippen LogP contribution < -0.4 is 14.8 Å². The van der Waals surface area contributed by atoms with Crippen molar-refractivity contribution in [1.29, 1.82) is 0 Å². The Morgan fingerprint density at radius 2 is 2.00 bits per heavy atom. The monoisotopic (exact) mass is 340 g/mol. The summed E-state index contributed by atoms with van der Waals surface area (Å²) < 4.78 is 12.7.